The second-order valence-corrected chi connectivity index (χ2v) is 9.47. The maximum atomic E-state index is 14.0. The lowest BCUT2D eigenvalue weighted by atomic mass is 9.86. The van der Waals surface area contributed by atoms with Gasteiger partial charge in [-0.1, -0.05) is 85.3 Å². The molecule has 2 aliphatic rings. The molecular weight excluding hydrogens is 507 g/mol. The van der Waals surface area contributed by atoms with Crippen LogP contribution in [0.5, 0.6) is 0 Å². The number of thiocarbonyl (C=S) groups is 4. The molecule has 2 nitrogen and oxygen atoms in total. The van der Waals surface area contributed by atoms with Crippen molar-refractivity contribution in [3.63, 3.8) is 0 Å². The van der Waals surface area contributed by atoms with Crippen LogP contribution >= 0.6 is 48.9 Å². The number of benzene rings is 4. The summed E-state index contributed by atoms with van der Waals surface area (Å²) in [5.41, 5.74) is 4.33. The molecule has 4 aromatic carbocycles. The van der Waals surface area contributed by atoms with E-state index in [-0.39, 0.29) is 11.6 Å². The molecule has 0 aromatic heterocycles. The lowest BCUT2D eigenvalue weighted by Gasteiger charge is -2.36. The van der Waals surface area contributed by atoms with Crippen LogP contribution in [0.15, 0.2) is 72.8 Å². The molecule has 0 bridgehead atoms. The number of hydrogen-bond donors (Lipinski definition) is 0. The lowest BCUT2D eigenvalue weighted by Crippen LogP contribution is -2.42. The average molecular weight is 519 g/mol. The van der Waals surface area contributed by atoms with Crippen molar-refractivity contribution in [2.75, 3.05) is 9.80 Å². The molecular formula is C26H12F2N2S4. The maximum absolute atomic E-state index is 14.0. The molecule has 6 rings (SSSR count). The molecule has 0 saturated carbocycles. The zero-order valence-electron chi connectivity index (χ0n) is 17.2. The first-order chi connectivity index (χ1) is 16.4. The average Bonchev–Trinajstić information content (AvgIpc) is 2.81. The first-order valence-electron chi connectivity index (χ1n) is 10.3. The molecule has 0 amide bonds. The number of anilines is 2. The smallest absolute Gasteiger partial charge is 0.125 e. The van der Waals surface area contributed by atoms with Gasteiger partial charge in [0.25, 0.3) is 0 Å². The minimum absolute atomic E-state index is 0.368. The Hall–Kier alpha value is -3.04. The van der Waals surface area contributed by atoms with Gasteiger partial charge in [-0.2, -0.15) is 0 Å². The quantitative estimate of drug-likeness (QED) is 0.266. The Balaban J connectivity index is 1.57. The molecule has 164 valence electrons. The van der Waals surface area contributed by atoms with E-state index in [2.05, 4.69) is 0 Å². The zero-order valence-corrected chi connectivity index (χ0v) is 20.5. The predicted molar refractivity (Wildman–Crippen MR) is 149 cm³/mol. The van der Waals surface area contributed by atoms with Crippen LogP contribution in [0.4, 0.5) is 20.2 Å². The van der Waals surface area contributed by atoms with Crippen LogP contribution in [0.1, 0.15) is 22.3 Å². The van der Waals surface area contributed by atoms with Gasteiger partial charge in [0, 0.05) is 33.0 Å². The molecule has 8 heteroatoms. The van der Waals surface area contributed by atoms with E-state index < -0.39 is 0 Å². The highest BCUT2D eigenvalue weighted by Crippen LogP contribution is 2.41. The number of halogens is 2. The van der Waals surface area contributed by atoms with Gasteiger partial charge in [0.15, 0.2) is 0 Å². The third kappa shape index (κ3) is 2.99. The van der Waals surface area contributed by atoms with Crippen molar-refractivity contribution in [3.8, 4) is 0 Å². The second-order valence-electron chi connectivity index (χ2n) is 7.92. The van der Waals surface area contributed by atoms with Crippen LogP contribution < -0.4 is 9.80 Å². The van der Waals surface area contributed by atoms with Crippen molar-refractivity contribution < 1.29 is 8.78 Å². The summed E-state index contributed by atoms with van der Waals surface area (Å²) >= 11 is 23.3. The first kappa shape index (κ1) is 21.5. The molecule has 0 N–H and O–H groups in total. The third-order valence-electron chi connectivity index (χ3n) is 6.03. The third-order valence-corrected chi connectivity index (χ3v) is 7.64. The van der Waals surface area contributed by atoms with E-state index in [1.54, 1.807) is 34.1 Å². The van der Waals surface area contributed by atoms with Crippen molar-refractivity contribution >= 4 is 91.0 Å². The fourth-order valence-electron chi connectivity index (χ4n) is 4.57. The van der Waals surface area contributed by atoms with E-state index in [0.717, 1.165) is 33.0 Å². The molecule has 2 aliphatic heterocycles. The molecule has 4 aromatic rings. The minimum atomic E-state index is -0.368. The summed E-state index contributed by atoms with van der Waals surface area (Å²) in [5.74, 6) is -0.737. The van der Waals surface area contributed by atoms with Gasteiger partial charge in [-0.3, -0.25) is 9.80 Å². The Morgan fingerprint density at radius 1 is 0.471 bits per heavy atom. The summed E-state index contributed by atoms with van der Waals surface area (Å²) < 4.78 is 28.0. The van der Waals surface area contributed by atoms with Crippen molar-refractivity contribution in [3.05, 3.63) is 107 Å². The fraction of sp³-hybridized carbons (Fsp3) is 0. The van der Waals surface area contributed by atoms with Gasteiger partial charge in [-0.25, -0.2) is 8.78 Å². The second kappa shape index (κ2) is 7.74. The first-order valence-corrected chi connectivity index (χ1v) is 11.9. The molecule has 0 atom stereocenters. The Morgan fingerprint density at radius 3 is 1.09 bits per heavy atom. The largest absolute Gasteiger partial charge is 0.291 e. The fourth-order valence-corrected chi connectivity index (χ4v) is 6.16. The molecule has 0 fully saturated rings. The van der Waals surface area contributed by atoms with E-state index in [1.165, 1.54) is 24.3 Å². The van der Waals surface area contributed by atoms with Gasteiger partial charge in [-0.05, 0) is 36.4 Å². The van der Waals surface area contributed by atoms with Crippen LogP contribution in [-0.2, 0) is 0 Å². The highest BCUT2D eigenvalue weighted by molar-refractivity contribution is 7.83. The Kier molecular flexibility index (Phi) is 4.90. The molecule has 0 spiro atoms. The maximum Gasteiger partial charge on any atom is 0.125 e. The van der Waals surface area contributed by atoms with E-state index in [0.29, 0.717) is 31.3 Å². The number of hydrogen-bond acceptors (Lipinski definition) is 4. The van der Waals surface area contributed by atoms with Crippen LogP contribution in [0.3, 0.4) is 0 Å². The van der Waals surface area contributed by atoms with Crippen molar-refractivity contribution in [2.45, 2.75) is 0 Å². The normalized spacial score (nSPS) is 14.9. The molecule has 0 radical (unpaired) electrons. The topological polar surface area (TPSA) is 6.48 Å². The standard InChI is InChI=1S/C26H12F2N2S4/c27-13-3-1-5-15(11-13)29-23(31)17-7-9-19-22-20(10-8-18(21(17)22)24(29)32)26(34)30(25(19)33)16-6-2-4-14(28)12-16/h1-12H. The van der Waals surface area contributed by atoms with Crippen molar-refractivity contribution in [1.29, 1.82) is 0 Å². The Bertz CT molecular complexity index is 1440. The van der Waals surface area contributed by atoms with E-state index in [4.69, 9.17) is 48.9 Å². The van der Waals surface area contributed by atoms with Gasteiger partial charge < -0.3 is 0 Å². The number of rotatable bonds is 2. The Morgan fingerprint density at radius 2 is 0.794 bits per heavy atom. The van der Waals surface area contributed by atoms with Gasteiger partial charge in [-0.15, -0.1) is 0 Å². The van der Waals surface area contributed by atoms with E-state index in [9.17, 15) is 8.78 Å². The van der Waals surface area contributed by atoms with Gasteiger partial charge in [0.1, 0.15) is 31.6 Å². The van der Waals surface area contributed by atoms with E-state index >= 15 is 0 Å². The van der Waals surface area contributed by atoms with Crippen LogP contribution in [0, 0.1) is 11.6 Å². The summed E-state index contributed by atoms with van der Waals surface area (Å²) in [6, 6.07) is 20.0. The van der Waals surface area contributed by atoms with Gasteiger partial charge in [0.05, 0.1) is 11.4 Å². The molecule has 2 heterocycles. The monoisotopic (exact) mass is 518 g/mol. The summed E-state index contributed by atoms with van der Waals surface area (Å²) in [6.45, 7) is 0. The lowest BCUT2D eigenvalue weighted by molar-refractivity contribution is 0.628. The summed E-state index contributed by atoms with van der Waals surface area (Å²) in [4.78, 5) is 5.36. The van der Waals surface area contributed by atoms with Crippen molar-refractivity contribution in [2.24, 2.45) is 0 Å². The summed E-state index contributed by atoms with van der Waals surface area (Å²) in [7, 11) is 0. The van der Waals surface area contributed by atoms with Crippen LogP contribution in [-0.4, -0.2) is 20.0 Å². The predicted octanol–water partition coefficient (Wildman–Crippen LogP) is 6.86. The van der Waals surface area contributed by atoms with E-state index in [1.807, 2.05) is 24.3 Å². The summed E-state index contributed by atoms with van der Waals surface area (Å²) in [5, 5.41) is 1.75. The highest BCUT2D eigenvalue weighted by Gasteiger charge is 2.35. The molecule has 0 saturated heterocycles. The number of nitrogens with zero attached hydrogens (tertiary/aromatic N) is 2. The van der Waals surface area contributed by atoms with Crippen LogP contribution in [0.2, 0.25) is 0 Å². The molecule has 0 aliphatic carbocycles. The summed E-state index contributed by atoms with van der Waals surface area (Å²) in [6.07, 6.45) is 0. The van der Waals surface area contributed by atoms with Crippen molar-refractivity contribution in [1.82, 2.24) is 0 Å². The minimum Gasteiger partial charge on any atom is -0.291 e. The highest BCUT2D eigenvalue weighted by atomic mass is 32.1. The molecule has 0 unspecified atom stereocenters. The van der Waals surface area contributed by atoms with Crippen LogP contribution in [0.25, 0.3) is 10.8 Å². The van der Waals surface area contributed by atoms with Gasteiger partial charge >= 0.3 is 0 Å². The zero-order chi connectivity index (χ0) is 23.7. The van der Waals surface area contributed by atoms with Gasteiger partial charge in [0.2, 0.25) is 0 Å². The Labute approximate surface area is 215 Å². The molecule has 34 heavy (non-hydrogen) atoms. The SMILES string of the molecule is Fc1cccc(N2C(=S)c3ccc4c5c(ccc(c35)C2=S)C(=S)N(c2cccc(F)c2)C4=S)c1.